The Morgan fingerprint density at radius 3 is 2.68 bits per heavy atom. The second-order valence-corrected chi connectivity index (χ2v) is 4.28. The SMILES string of the molecule is COc1ccccc1/C=N\NC(=O)COc1ccc(F)cc1. The zero-order valence-corrected chi connectivity index (χ0v) is 12.0. The van der Waals surface area contributed by atoms with Crippen LogP contribution in [0.25, 0.3) is 0 Å². The third kappa shape index (κ3) is 4.59. The number of hydrogen-bond donors (Lipinski definition) is 1. The van der Waals surface area contributed by atoms with Crippen molar-refractivity contribution in [3.8, 4) is 11.5 Å². The van der Waals surface area contributed by atoms with E-state index in [2.05, 4.69) is 10.5 Å². The molecule has 0 radical (unpaired) electrons. The van der Waals surface area contributed by atoms with Gasteiger partial charge in [0.05, 0.1) is 13.3 Å². The van der Waals surface area contributed by atoms with Crippen molar-refractivity contribution in [1.82, 2.24) is 5.43 Å². The van der Waals surface area contributed by atoms with Crippen LogP contribution in [0.2, 0.25) is 0 Å². The van der Waals surface area contributed by atoms with Crippen molar-refractivity contribution in [3.05, 3.63) is 59.9 Å². The van der Waals surface area contributed by atoms with E-state index < -0.39 is 5.91 Å². The van der Waals surface area contributed by atoms with E-state index >= 15 is 0 Å². The second-order valence-electron chi connectivity index (χ2n) is 4.28. The number of halogens is 1. The molecule has 0 aliphatic heterocycles. The van der Waals surface area contributed by atoms with Gasteiger partial charge in [0.2, 0.25) is 0 Å². The van der Waals surface area contributed by atoms with Crippen molar-refractivity contribution in [1.29, 1.82) is 0 Å². The van der Waals surface area contributed by atoms with Crippen molar-refractivity contribution in [3.63, 3.8) is 0 Å². The fourth-order valence-corrected chi connectivity index (χ4v) is 1.66. The Balaban J connectivity index is 1.82. The third-order valence-electron chi connectivity index (χ3n) is 2.72. The summed E-state index contributed by atoms with van der Waals surface area (Å²) in [6.45, 7) is -0.213. The van der Waals surface area contributed by atoms with Crippen molar-refractivity contribution in [2.24, 2.45) is 5.10 Å². The summed E-state index contributed by atoms with van der Waals surface area (Å²) in [5, 5.41) is 3.83. The monoisotopic (exact) mass is 302 g/mol. The van der Waals surface area contributed by atoms with Gasteiger partial charge in [-0.15, -0.1) is 0 Å². The number of rotatable bonds is 6. The van der Waals surface area contributed by atoms with E-state index in [1.165, 1.54) is 30.5 Å². The number of carbonyl (C=O) groups is 1. The van der Waals surface area contributed by atoms with E-state index in [1.807, 2.05) is 18.2 Å². The number of carbonyl (C=O) groups excluding carboxylic acids is 1. The van der Waals surface area contributed by atoms with E-state index in [4.69, 9.17) is 9.47 Å². The molecule has 0 fully saturated rings. The summed E-state index contributed by atoms with van der Waals surface area (Å²) in [4.78, 5) is 11.6. The number of methoxy groups -OCH3 is 1. The Morgan fingerprint density at radius 1 is 1.23 bits per heavy atom. The molecule has 0 aromatic heterocycles. The quantitative estimate of drug-likeness (QED) is 0.658. The Kier molecular flexibility index (Phi) is 5.48. The van der Waals surface area contributed by atoms with E-state index in [-0.39, 0.29) is 12.4 Å². The van der Waals surface area contributed by atoms with E-state index in [0.717, 1.165) is 5.56 Å². The molecule has 1 amide bonds. The Bertz CT molecular complexity index is 657. The highest BCUT2D eigenvalue weighted by molar-refractivity contribution is 5.85. The van der Waals surface area contributed by atoms with Gasteiger partial charge in [0.25, 0.3) is 5.91 Å². The summed E-state index contributed by atoms with van der Waals surface area (Å²) >= 11 is 0. The van der Waals surface area contributed by atoms with Crippen LogP contribution in [0.5, 0.6) is 11.5 Å². The second kappa shape index (κ2) is 7.78. The van der Waals surface area contributed by atoms with Crippen LogP contribution in [0, 0.1) is 5.82 Å². The lowest BCUT2D eigenvalue weighted by molar-refractivity contribution is -0.123. The minimum absolute atomic E-state index is 0.213. The van der Waals surface area contributed by atoms with Crippen LogP contribution in [-0.2, 0) is 4.79 Å². The summed E-state index contributed by atoms with van der Waals surface area (Å²) in [6.07, 6.45) is 1.48. The van der Waals surface area contributed by atoms with Crippen LogP contribution in [0.4, 0.5) is 4.39 Å². The highest BCUT2D eigenvalue weighted by Crippen LogP contribution is 2.14. The summed E-state index contributed by atoms with van der Waals surface area (Å²) in [5.41, 5.74) is 3.08. The topological polar surface area (TPSA) is 59.9 Å². The van der Waals surface area contributed by atoms with Crippen LogP contribution in [0.1, 0.15) is 5.56 Å². The maximum Gasteiger partial charge on any atom is 0.277 e. The van der Waals surface area contributed by atoms with Gasteiger partial charge in [-0.05, 0) is 36.4 Å². The molecule has 0 saturated heterocycles. The number of para-hydroxylation sites is 1. The molecular weight excluding hydrogens is 287 g/mol. The summed E-state index contributed by atoms with van der Waals surface area (Å²) in [6, 6.07) is 12.7. The molecule has 114 valence electrons. The lowest BCUT2D eigenvalue weighted by Gasteiger charge is -2.05. The standard InChI is InChI=1S/C16H15FN2O3/c1-21-15-5-3-2-4-12(15)10-18-19-16(20)11-22-14-8-6-13(17)7-9-14/h2-10H,11H2,1H3,(H,19,20)/b18-10-. The minimum atomic E-state index is -0.421. The number of nitrogens with one attached hydrogen (secondary N) is 1. The van der Waals surface area contributed by atoms with Gasteiger partial charge in [-0.3, -0.25) is 4.79 Å². The van der Waals surface area contributed by atoms with E-state index in [0.29, 0.717) is 11.5 Å². The van der Waals surface area contributed by atoms with E-state index in [1.54, 1.807) is 13.2 Å². The lowest BCUT2D eigenvalue weighted by Crippen LogP contribution is -2.24. The van der Waals surface area contributed by atoms with Crippen LogP contribution >= 0.6 is 0 Å². The van der Waals surface area contributed by atoms with Gasteiger partial charge in [-0.2, -0.15) is 5.10 Å². The highest BCUT2D eigenvalue weighted by Gasteiger charge is 2.02. The van der Waals surface area contributed by atoms with Crippen molar-refractivity contribution < 1.29 is 18.7 Å². The Hall–Kier alpha value is -2.89. The first kappa shape index (κ1) is 15.5. The summed E-state index contributed by atoms with van der Waals surface area (Å²) in [7, 11) is 1.56. The van der Waals surface area contributed by atoms with Crippen molar-refractivity contribution in [2.75, 3.05) is 13.7 Å². The average molecular weight is 302 g/mol. The lowest BCUT2D eigenvalue weighted by atomic mass is 10.2. The molecule has 6 heteroatoms. The predicted molar refractivity (Wildman–Crippen MR) is 80.6 cm³/mol. The molecule has 0 atom stereocenters. The molecule has 2 aromatic rings. The number of ether oxygens (including phenoxy) is 2. The smallest absolute Gasteiger partial charge is 0.277 e. The van der Waals surface area contributed by atoms with Gasteiger partial charge in [0.1, 0.15) is 17.3 Å². The highest BCUT2D eigenvalue weighted by atomic mass is 19.1. The van der Waals surface area contributed by atoms with Gasteiger partial charge in [0.15, 0.2) is 6.61 Å². The molecule has 22 heavy (non-hydrogen) atoms. The first-order valence-electron chi connectivity index (χ1n) is 6.52. The number of benzene rings is 2. The Labute approximate surface area is 127 Å². The molecule has 2 rings (SSSR count). The summed E-state index contributed by atoms with van der Waals surface area (Å²) < 4.78 is 23.1. The van der Waals surface area contributed by atoms with Crippen LogP contribution in [0.15, 0.2) is 53.6 Å². The number of amides is 1. The van der Waals surface area contributed by atoms with E-state index in [9.17, 15) is 9.18 Å². The van der Waals surface area contributed by atoms with Gasteiger partial charge >= 0.3 is 0 Å². The minimum Gasteiger partial charge on any atom is -0.496 e. The predicted octanol–water partition coefficient (Wildman–Crippen LogP) is 2.36. The normalized spacial score (nSPS) is 10.5. The fourth-order valence-electron chi connectivity index (χ4n) is 1.66. The van der Waals surface area contributed by atoms with Gasteiger partial charge in [0, 0.05) is 5.56 Å². The molecular formula is C16H15FN2O3. The van der Waals surface area contributed by atoms with Crippen LogP contribution in [0.3, 0.4) is 0 Å². The van der Waals surface area contributed by atoms with Crippen LogP contribution < -0.4 is 14.9 Å². The molecule has 1 N–H and O–H groups in total. The molecule has 0 spiro atoms. The molecule has 0 unspecified atom stereocenters. The maximum atomic E-state index is 12.7. The maximum absolute atomic E-state index is 12.7. The molecule has 0 aliphatic carbocycles. The average Bonchev–Trinajstić information content (AvgIpc) is 2.55. The zero-order chi connectivity index (χ0) is 15.8. The largest absolute Gasteiger partial charge is 0.496 e. The number of nitrogens with zero attached hydrogens (tertiary/aromatic N) is 1. The van der Waals surface area contributed by atoms with Crippen molar-refractivity contribution >= 4 is 12.1 Å². The van der Waals surface area contributed by atoms with Gasteiger partial charge in [-0.25, -0.2) is 9.82 Å². The zero-order valence-electron chi connectivity index (χ0n) is 12.0. The number of hydrazone groups is 1. The van der Waals surface area contributed by atoms with Gasteiger partial charge < -0.3 is 9.47 Å². The van der Waals surface area contributed by atoms with Crippen molar-refractivity contribution in [2.45, 2.75) is 0 Å². The summed E-state index contributed by atoms with van der Waals surface area (Å²) in [5.74, 6) is 0.280. The molecule has 5 nitrogen and oxygen atoms in total. The van der Waals surface area contributed by atoms with Crippen LogP contribution in [-0.4, -0.2) is 25.8 Å². The molecule has 0 heterocycles. The first-order chi connectivity index (χ1) is 10.7. The first-order valence-corrected chi connectivity index (χ1v) is 6.52. The third-order valence-corrected chi connectivity index (χ3v) is 2.72. The van der Waals surface area contributed by atoms with Gasteiger partial charge in [-0.1, -0.05) is 12.1 Å². The molecule has 0 saturated carbocycles. The number of hydrogen-bond acceptors (Lipinski definition) is 4. The fraction of sp³-hybridized carbons (Fsp3) is 0.125. The Morgan fingerprint density at radius 2 is 1.95 bits per heavy atom. The molecule has 2 aromatic carbocycles. The molecule has 0 bridgehead atoms. The molecule has 0 aliphatic rings.